The Morgan fingerprint density at radius 1 is 0.724 bits per heavy atom. The number of aliphatic hydroxyl groups excluding tert-OH is 1. The third-order valence-corrected chi connectivity index (χ3v) is 9.74. The molecule has 0 spiro atoms. The molecule has 19 nitrogen and oxygen atoms in total. The number of hydrogen-bond acceptors (Lipinski definition) is 10. The zero-order chi connectivity index (χ0) is 44.1. The summed E-state index contributed by atoms with van der Waals surface area (Å²) in [5.41, 5.74) is 22.7. The van der Waals surface area contributed by atoms with Gasteiger partial charge in [-0.1, -0.05) is 78.1 Å². The van der Waals surface area contributed by atoms with Crippen molar-refractivity contribution in [2.24, 2.45) is 45.7 Å². The summed E-state index contributed by atoms with van der Waals surface area (Å²) in [6.45, 7) is 9.69. The number of nitrogens with zero attached hydrogens (tertiary/aromatic N) is 1. The van der Waals surface area contributed by atoms with Gasteiger partial charge >= 0.3 is 0 Å². The monoisotopic (exact) mass is 837 g/mol. The molecule has 20 heteroatoms. The number of rotatable bonds is 26. The maximum absolute atomic E-state index is 13.9. The van der Waals surface area contributed by atoms with Crippen molar-refractivity contribution in [1.82, 2.24) is 31.9 Å². The Bertz CT molecular complexity index is 1560. The number of halogens is 1. The molecular formula is C38H64ClN11O8. The number of aliphatic hydroxyl groups is 1. The van der Waals surface area contributed by atoms with Gasteiger partial charge in [0.05, 0.1) is 13.2 Å². The highest BCUT2D eigenvalue weighted by molar-refractivity contribution is 6.30. The van der Waals surface area contributed by atoms with E-state index in [2.05, 4.69) is 36.9 Å². The summed E-state index contributed by atoms with van der Waals surface area (Å²) in [7, 11) is 0. The van der Waals surface area contributed by atoms with Crippen LogP contribution in [0.5, 0.6) is 0 Å². The minimum Gasteiger partial charge on any atom is -0.394 e. The summed E-state index contributed by atoms with van der Waals surface area (Å²) >= 11 is 6.05. The molecule has 0 radical (unpaired) electrons. The van der Waals surface area contributed by atoms with Crippen molar-refractivity contribution in [3.63, 3.8) is 0 Å². The lowest BCUT2D eigenvalue weighted by Gasteiger charge is -2.28. The van der Waals surface area contributed by atoms with Gasteiger partial charge in [-0.05, 0) is 54.7 Å². The molecule has 0 aliphatic carbocycles. The first-order valence-electron chi connectivity index (χ1n) is 19.5. The fourth-order valence-corrected chi connectivity index (χ4v) is 5.76. The van der Waals surface area contributed by atoms with Crippen molar-refractivity contribution in [3.8, 4) is 0 Å². The molecule has 15 N–H and O–H groups in total. The number of carbonyl (C=O) groups excluding carboxylic acids is 7. The molecule has 0 aromatic heterocycles. The van der Waals surface area contributed by atoms with Crippen molar-refractivity contribution in [2.45, 2.75) is 116 Å². The average molecular weight is 838 g/mol. The van der Waals surface area contributed by atoms with Crippen LogP contribution >= 0.6 is 11.6 Å². The van der Waals surface area contributed by atoms with E-state index in [0.717, 1.165) is 0 Å². The van der Waals surface area contributed by atoms with Crippen LogP contribution in [-0.2, 0) is 40.0 Å². The van der Waals surface area contributed by atoms with Crippen molar-refractivity contribution in [3.05, 3.63) is 34.9 Å². The minimum atomic E-state index is -1.25. The number of guanidine groups is 1. The molecule has 58 heavy (non-hydrogen) atoms. The van der Waals surface area contributed by atoms with Crippen LogP contribution < -0.4 is 54.8 Å². The maximum atomic E-state index is 13.9. The van der Waals surface area contributed by atoms with Gasteiger partial charge < -0.3 is 59.9 Å². The molecule has 326 valence electrons. The summed E-state index contributed by atoms with van der Waals surface area (Å²) in [5, 5.41) is 25.4. The number of carbonyl (C=O) groups is 7. The Kier molecular flexibility index (Phi) is 22.9. The third-order valence-electron chi connectivity index (χ3n) is 9.49. The van der Waals surface area contributed by atoms with Gasteiger partial charge in [0.2, 0.25) is 41.4 Å². The summed E-state index contributed by atoms with van der Waals surface area (Å²) < 4.78 is 0. The quantitative estimate of drug-likeness (QED) is 0.0287. The lowest BCUT2D eigenvalue weighted by atomic mass is 9.96. The highest BCUT2D eigenvalue weighted by atomic mass is 35.5. The summed E-state index contributed by atoms with van der Waals surface area (Å²) in [4.78, 5) is 96.3. The Morgan fingerprint density at radius 2 is 1.26 bits per heavy atom. The molecule has 1 aromatic carbocycles. The molecule has 0 aliphatic heterocycles. The van der Waals surface area contributed by atoms with Crippen LogP contribution in [0.3, 0.4) is 0 Å². The molecule has 0 unspecified atom stereocenters. The molecule has 0 heterocycles. The fraction of sp³-hybridized carbons (Fsp3) is 0.632. The van der Waals surface area contributed by atoms with E-state index in [9.17, 15) is 38.7 Å². The van der Waals surface area contributed by atoms with Crippen molar-refractivity contribution >= 4 is 58.9 Å². The standard InChI is InChI=1S/C38H64ClN11O8/c1-7-21(5)30(32(41)53)49-36(57)28(17-23-11-13-24(39)14-12-23)48-34(55)26(10-9-15-44-38(42)43)46-29(52)18-45-37(58)31(22(6)8-2)50-35(56)27(16-20(3)4)47-33(54)25(40)19-51/h11-14,20-22,25-28,30-31,51H,7-10,15-19,40H2,1-6H3,(H2,41,53)(H,45,58)(H,46,52)(H,47,54)(H,48,55)(H,49,57)(H,50,56)(H4,42,43,44)/t21-,22-,25-,26-,27-,28-,30-,31-/m0/s1. The molecule has 0 saturated heterocycles. The first kappa shape index (κ1) is 51.0. The van der Waals surface area contributed by atoms with E-state index in [-0.39, 0.29) is 50.0 Å². The third kappa shape index (κ3) is 18.5. The van der Waals surface area contributed by atoms with Gasteiger partial charge in [0.15, 0.2) is 5.96 Å². The zero-order valence-electron chi connectivity index (χ0n) is 34.3. The van der Waals surface area contributed by atoms with Crippen LogP contribution in [-0.4, -0.2) is 108 Å². The van der Waals surface area contributed by atoms with Gasteiger partial charge in [0, 0.05) is 18.0 Å². The van der Waals surface area contributed by atoms with Crippen LogP contribution in [0, 0.1) is 17.8 Å². The van der Waals surface area contributed by atoms with E-state index < -0.39 is 96.7 Å². The molecule has 0 saturated carbocycles. The van der Waals surface area contributed by atoms with E-state index in [4.69, 9.17) is 34.5 Å². The Morgan fingerprint density at radius 3 is 1.79 bits per heavy atom. The Labute approximate surface area is 345 Å². The van der Waals surface area contributed by atoms with E-state index >= 15 is 0 Å². The number of amides is 7. The smallest absolute Gasteiger partial charge is 0.243 e. The van der Waals surface area contributed by atoms with Gasteiger partial charge in [0.1, 0.15) is 36.3 Å². The largest absolute Gasteiger partial charge is 0.394 e. The van der Waals surface area contributed by atoms with Gasteiger partial charge in [-0.3, -0.25) is 38.6 Å². The van der Waals surface area contributed by atoms with Crippen molar-refractivity contribution < 1.29 is 38.7 Å². The number of benzene rings is 1. The number of aliphatic imine (C=N–C) groups is 1. The molecule has 0 aliphatic rings. The van der Waals surface area contributed by atoms with E-state index in [1.807, 2.05) is 27.7 Å². The molecule has 1 rings (SSSR count). The van der Waals surface area contributed by atoms with Gasteiger partial charge in [-0.25, -0.2) is 0 Å². The number of hydrogen-bond donors (Lipinski definition) is 11. The molecule has 0 fully saturated rings. The zero-order valence-corrected chi connectivity index (χ0v) is 35.1. The molecular weight excluding hydrogens is 774 g/mol. The summed E-state index contributed by atoms with van der Waals surface area (Å²) in [6.07, 6.45) is 1.44. The van der Waals surface area contributed by atoms with E-state index in [0.29, 0.717) is 23.4 Å². The summed E-state index contributed by atoms with van der Waals surface area (Å²) in [6, 6.07) is -0.319. The fourth-order valence-electron chi connectivity index (χ4n) is 5.64. The lowest BCUT2D eigenvalue weighted by Crippen LogP contribution is -2.59. The average Bonchev–Trinajstić information content (AvgIpc) is 3.17. The minimum absolute atomic E-state index is 0.00980. The summed E-state index contributed by atoms with van der Waals surface area (Å²) in [5.74, 6) is -5.96. The van der Waals surface area contributed by atoms with Gasteiger partial charge in [-0.15, -0.1) is 0 Å². The maximum Gasteiger partial charge on any atom is 0.243 e. The Hall–Kier alpha value is -5.01. The van der Waals surface area contributed by atoms with Crippen LogP contribution in [0.15, 0.2) is 29.3 Å². The second-order valence-corrected chi connectivity index (χ2v) is 15.2. The molecule has 0 bridgehead atoms. The second kappa shape index (κ2) is 26.1. The van der Waals surface area contributed by atoms with Crippen LogP contribution in [0.1, 0.15) is 79.2 Å². The van der Waals surface area contributed by atoms with Crippen molar-refractivity contribution in [1.29, 1.82) is 0 Å². The second-order valence-electron chi connectivity index (χ2n) is 14.8. The SMILES string of the molecule is CC[C@H](C)[C@H](NC(=O)[C@H](Cc1ccc(Cl)cc1)NC(=O)[C@H](CCCN=C(N)N)NC(=O)CNC(=O)[C@@H](NC(=O)[C@H](CC(C)C)NC(=O)[C@@H](N)CO)[C@@H](C)CC)C(N)=O. The van der Waals surface area contributed by atoms with E-state index in [1.54, 1.807) is 38.1 Å². The highest BCUT2D eigenvalue weighted by Gasteiger charge is 2.33. The highest BCUT2D eigenvalue weighted by Crippen LogP contribution is 2.14. The van der Waals surface area contributed by atoms with E-state index in [1.165, 1.54) is 0 Å². The Balaban J connectivity index is 3.27. The van der Waals surface area contributed by atoms with Crippen molar-refractivity contribution in [2.75, 3.05) is 19.7 Å². The first-order chi connectivity index (χ1) is 27.2. The predicted octanol–water partition coefficient (Wildman–Crippen LogP) is -1.58. The molecule has 7 amide bonds. The predicted molar refractivity (Wildman–Crippen MR) is 220 cm³/mol. The number of nitrogens with two attached hydrogens (primary N) is 4. The van der Waals surface area contributed by atoms with Crippen LogP contribution in [0.4, 0.5) is 0 Å². The first-order valence-corrected chi connectivity index (χ1v) is 19.9. The van der Waals surface area contributed by atoms with Crippen LogP contribution in [0.2, 0.25) is 5.02 Å². The van der Waals surface area contributed by atoms with Gasteiger partial charge in [0.25, 0.3) is 0 Å². The number of nitrogens with one attached hydrogen (secondary N) is 6. The number of primary amides is 1. The topological polar surface area (TPSA) is 328 Å². The van der Waals surface area contributed by atoms with Crippen LogP contribution in [0.25, 0.3) is 0 Å². The molecule has 8 atom stereocenters. The normalized spacial score (nSPS) is 15.2. The lowest BCUT2D eigenvalue weighted by molar-refractivity contribution is -0.135. The van der Waals surface area contributed by atoms with Gasteiger partial charge in [-0.2, -0.15) is 0 Å². The molecule has 1 aromatic rings.